The lowest BCUT2D eigenvalue weighted by atomic mass is 9.86. The van der Waals surface area contributed by atoms with Crippen LogP contribution in [0.3, 0.4) is 0 Å². The van der Waals surface area contributed by atoms with E-state index in [0.717, 1.165) is 0 Å². The largest absolute Gasteiger partial charge is 0.383 e. The topological polar surface area (TPSA) is 101 Å². The SMILES string of the molecule is COCCNC(=O)C1(Nc2nccs2)CCN(C(=O)c2ccn(C)n2)CC1. The van der Waals surface area contributed by atoms with E-state index in [4.69, 9.17) is 4.74 Å². The van der Waals surface area contributed by atoms with E-state index < -0.39 is 5.54 Å². The lowest BCUT2D eigenvalue weighted by molar-refractivity contribution is -0.127. The monoisotopic (exact) mass is 392 g/mol. The van der Waals surface area contributed by atoms with Gasteiger partial charge in [-0.15, -0.1) is 11.3 Å². The molecule has 2 amide bonds. The van der Waals surface area contributed by atoms with E-state index in [-0.39, 0.29) is 11.8 Å². The summed E-state index contributed by atoms with van der Waals surface area (Å²) in [7, 11) is 3.37. The summed E-state index contributed by atoms with van der Waals surface area (Å²) < 4.78 is 6.62. The fourth-order valence-electron chi connectivity index (χ4n) is 3.12. The van der Waals surface area contributed by atoms with Crippen LogP contribution in [0.1, 0.15) is 23.3 Å². The molecule has 2 N–H and O–H groups in total. The fraction of sp³-hybridized carbons (Fsp3) is 0.529. The third kappa shape index (κ3) is 4.45. The Morgan fingerprint density at radius 2 is 2.15 bits per heavy atom. The van der Waals surface area contributed by atoms with E-state index in [1.165, 1.54) is 11.3 Å². The number of hydrogen-bond donors (Lipinski definition) is 2. The first-order valence-electron chi connectivity index (χ1n) is 8.78. The summed E-state index contributed by atoms with van der Waals surface area (Å²) in [6.07, 6.45) is 4.42. The first kappa shape index (κ1) is 19.3. The van der Waals surface area contributed by atoms with Crippen molar-refractivity contribution in [3.63, 3.8) is 0 Å². The van der Waals surface area contributed by atoms with Crippen LogP contribution < -0.4 is 10.6 Å². The zero-order chi connectivity index (χ0) is 19.3. The molecule has 1 saturated heterocycles. The molecule has 0 spiro atoms. The lowest BCUT2D eigenvalue weighted by Crippen LogP contribution is -2.59. The third-order valence-electron chi connectivity index (χ3n) is 4.64. The number of thiazole rings is 1. The minimum absolute atomic E-state index is 0.0975. The number of anilines is 1. The molecule has 0 bridgehead atoms. The number of carbonyl (C=O) groups is 2. The summed E-state index contributed by atoms with van der Waals surface area (Å²) >= 11 is 1.45. The van der Waals surface area contributed by atoms with Crippen molar-refractivity contribution >= 4 is 28.3 Å². The second-order valence-electron chi connectivity index (χ2n) is 6.46. The summed E-state index contributed by atoms with van der Waals surface area (Å²) in [5.41, 5.74) is -0.380. The van der Waals surface area contributed by atoms with Crippen molar-refractivity contribution in [3.8, 4) is 0 Å². The highest BCUT2D eigenvalue weighted by Crippen LogP contribution is 2.29. The van der Waals surface area contributed by atoms with E-state index in [1.54, 1.807) is 42.2 Å². The maximum absolute atomic E-state index is 12.9. The molecule has 3 heterocycles. The molecule has 0 aromatic carbocycles. The van der Waals surface area contributed by atoms with Crippen LogP contribution in [0.4, 0.5) is 5.13 Å². The molecule has 1 aliphatic heterocycles. The van der Waals surface area contributed by atoms with Gasteiger partial charge in [0.2, 0.25) is 5.91 Å². The van der Waals surface area contributed by atoms with Crippen LogP contribution in [0.15, 0.2) is 23.8 Å². The number of aryl methyl sites for hydroxylation is 1. The van der Waals surface area contributed by atoms with Crippen LogP contribution in [0.2, 0.25) is 0 Å². The van der Waals surface area contributed by atoms with Gasteiger partial charge in [0.05, 0.1) is 6.61 Å². The van der Waals surface area contributed by atoms with Crippen molar-refractivity contribution in [1.82, 2.24) is 25.0 Å². The number of carbonyl (C=O) groups excluding carboxylic acids is 2. The Balaban J connectivity index is 1.69. The number of amides is 2. The van der Waals surface area contributed by atoms with Crippen LogP contribution in [0, 0.1) is 0 Å². The van der Waals surface area contributed by atoms with Crippen molar-refractivity contribution in [2.24, 2.45) is 7.05 Å². The summed E-state index contributed by atoms with van der Waals surface area (Å²) in [4.78, 5) is 31.5. The first-order valence-corrected chi connectivity index (χ1v) is 9.66. The van der Waals surface area contributed by atoms with Gasteiger partial charge >= 0.3 is 0 Å². The number of piperidine rings is 1. The highest BCUT2D eigenvalue weighted by molar-refractivity contribution is 7.13. The number of aromatic nitrogens is 3. The van der Waals surface area contributed by atoms with Gasteiger partial charge in [-0.25, -0.2) is 4.98 Å². The molecule has 2 aromatic rings. The Morgan fingerprint density at radius 1 is 1.37 bits per heavy atom. The molecule has 10 heteroatoms. The molecule has 0 radical (unpaired) electrons. The van der Waals surface area contributed by atoms with Crippen LogP contribution in [-0.2, 0) is 16.6 Å². The predicted molar refractivity (Wildman–Crippen MR) is 102 cm³/mol. The van der Waals surface area contributed by atoms with Crippen LogP contribution >= 0.6 is 11.3 Å². The van der Waals surface area contributed by atoms with Gasteiger partial charge in [0, 0.05) is 51.6 Å². The average molecular weight is 392 g/mol. The Kier molecular flexibility index (Phi) is 6.07. The molecule has 146 valence electrons. The van der Waals surface area contributed by atoms with Crippen molar-refractivity contribution in [1.29, 1.82) is 0 Å². The first-order chi connectivity index (χ1) is 13.0. The maximum Gasteiger partial charge on any atom is 0.274 e. The zero-order valence-electron chi connectivity index (χ0n) is 15.5. The van der Waals surface area contributed by atoms with E-state index in [9.17, 15) is 9.59 Å². The van der Waals surface area contributed by atoms with Crippen molar-refractivity contribution < 1.29 is 14.3 Å². The number of rotatable bonds is 7. The number of likely N-dealkylation sites (tertiary alicyclic amines) is 1. The molecule has 0 unspecified atom stereocenters. The van der Waals surface area contributed by atoms with Crippen LogP contribution in [0.25, 0.3) is 0 Å². The molecule has 3 rings (SSSR count). The Hall–Kier alpha value is -2.46. The zero-order valence-corrected chi connectivity index (χ0v) is 16.3. The third-order valence-corrected chi connectivity index (χ3v) is 5.33. The van der Waals surface area contributed by atoms with Gasteiger partial charge < -0.3 is 20.3 Å². The number of hydrogen-bond acceptors (Lipinski definition) is 7. The Bertz CT molecular complexity index is 767. The normalized spacial score (nSPS) is 16.1. The Labute approximate surface area is 161 Å². The molecule has 27 heavy (non-hydrogen) atoms. The van der Waals surface area contributed by atoms with Crippen molar-refractivity contribution in [2.45, 2.75) is 18.4 Å². The summed E-state index contributed by atoms with van der Waals surface area (Å²) in [5.74, 6) is -0.210. The number of methoxy groups -OCH3 is 1. The molecule has 0 atom stereocenters. The number of nitrogens with one attached hydrogen (secondary N) is 2. The summed E-state index contributed by atoms with van der Waals surface area (Å²) in [5, 5.41) is 12.9. The van der Waals surface area contributed by atoms with Gasteiger partial charge in [-0.2, -0.15) is 5.10 Å². The molecule has 9 nitrogen and oxygen atoms in total. The minimum atomic E-state index is -0.799. The smallest absolute Gasteiger partial charge is 0.274 e. The van der Waals surface area contributed by atoms with Gasteiger partial charge in [0.15, 0.2) is 5.13 Å². The molecule has 0 saturated carbocycles. The second-order valence-corrected chi connectivity index (χ2v) is 7.35. The summed E-state index contributed by atoms with van der Waals surface area (Å²) in [6, 6.07) is 1.70. The quantitative estimate of drug-likeness (QED) is 0.674. The lowest BCUT2D eigenvalue weighted by Gasteiger charge is -2.40. The molecule has 0 aliphatic carbocycles. The van der Waals surface area contributed by atoms with Crippen LogP contribution in [-0.4, -0.2) is 70.4 Å². The molecule has 1 fully saturated rings. The highest BCUT2D eigenvalue weighted by atomic mass is 32.1. The van der Waals surface area contributed by atoms with Gasteiger partial charge in [-0.1, -0.05) is 0 Å². The number of ether oxygens (including phenoxy) is 1. The standard InChI is InChI=1S/C17H24N6O3S/c1-22-8-3-13(21-22)14(24)23-9-4-17(5-10-23,15(25)18-6-11-26-2)20-16-19-7-12-27-16/h3,7-8,12H,4-6,9-11H2,1-2H3,(H,18,25)(H,19,20). The highest BCUT2D eigenvalue weighted by Gasteiger charge is 2.43. The fourth-order valence-corrected chi connectivity index (χ4v) is 3.74. The summed E-state index contributed by atoms with van der Waals surface area (Å²) in [6.45, 7) is 1.81. The number of nitrogens with zero attached hydrogens (tertiary/aromatic N) is 4. The van der Waals surface area contributed by atoms with E-state index in [2.05, 4.69) is 20.7 Å². The van der Waals surface area contributed by atoms with Gasteiger partial charge in [0.25, 0.3) is 5.91 Å². The average Bonchev–Trinajstić information content (AvgIpc) is 3.33. The molecule has 1 aliphatic rings. The van der Waals surface area contributed by atoms with Crippen LogP contribution in [0.5, 0.6) is 0 Å². The van der Waals surface area contributed by atoms with E-state index >= 15 is 0 Å². The van der Waals surface area contributed by atoms with E-state index in [1.807, 2.05) is 5.38 Å². The van der Waals surface area contributed by atoms with Gasteiger partial charge in [-0.3, -0.25) is 14.3 Å². The maximum atomic E-state index is 12.9. The second kappa shape index (κ2) is 8.49. The molecular weight excluding hydrogens is 368 g/mol. The van der Waals surface area contributed by atoms with Crippen molar-refractivity contribution in [3.05, 3.63) is 29.5 Å². The van der Waals surface area contributed by atoms with Crippen molar-refractivity contribution in [2.75, 3.05) is 38.7 Å². The predicted octanol–water partition coefficient (Wildman–Crippen LogP) is 0.726. The van der Waals surface area contributed by atoms with Gasteiger partial charge in [-0.05, 0) is 18.9 Å². The Morgan fingerprint density at radius 3 is 2.74 bits per heavy atom. The van der Waals surface area contributed by atoms with Gasteiger partial charge in [0.1, 0.15) is 11.2 Å². The molecular formula is C17H24N6O3S. The minimum Gasteiger partial charge on any atom is -0.383 e. The molecule has 2 aromatic heterocycles. The van der Waals surface area contributed by atoms with E-state index in [0.29, 0.717) is 49.9 Å².